The standard InChI is InChI=1S/C24H38N2O3/c1-4-18(5-2)21(10-16-27)25-23(28)20-7-8-22-19(17-20)9-11-24(29-22)12-14-26(6-3)15-13-24/h7-8,17-18,21,27H,4-6,9-16H2,1-3H3,(H,25,28). The summed E-state index contributed by atoms with van der Waals surface area (Å²) in [7, 11) is 0. The summed E-state index contributed by atoms with van der Waals surface area (Å²) < 4.78 is 6.49. The number of aliphatic hydroxyl groups is 1. The van der Waals surface area contributed by atoms with Crippen LogP contribution in [-0.4, -0.2) is 53.8 Å². The maximum Gasteiger partial charge on any atom is 0.251 e. The van der Waals surface area contributed by atoms with E-state index in [1.807, 2.05) is 18.2 Å². The van der Waals surface area contributed by atoms with Crippen LogP contribution in [0.15, 0.2) is 18.2 Å². The maximum absolute atomic E-state index is 12.9. The molecule has 162 valence electrons. The van der Waals surface area contributed by atoms with E-state index in [1.165, 1.54) is 0 Å². The quantitative estimate of drug-likeness (QED) is 0.695. The molecule has 2 aliphatic rings. The fraction of sp³-hybridized carbons (Fsp3) is 0.708. The molecule has 1 fully saturated rings. The lowest BCUT2D eigenvalue weighted by molar-refractivity contribution is -0.0132. The predicted octanol–water partition coefficient (Wildman–Crippen LogP) is 3.78. The normalized spacial score (nSPS) is 19.6. The van der Waals surface area contributed by atoms with Crippen molar-refractivity contribution in [1.82, 2.24) is 10.2 Å². The van der Waals surface area contributed by atoms with Crippen LogP contribution < -0.4 is 10.1 Å². The highest BCUT2D eigenvalue weighted by Gasteiger charge is 2.39. The number of carbonyl (C=O) groups excluding carboxylic acids is 1. The van der Waals surface area contributed by atoms with Gasteiger partial charge in [-0.3, -0.25) is 4.79 Å². The molecule has 2 heterocycles. The molecule has 0 bridgehead atoms. The number of rotatable bonds is 8. The van der Waals surface area contributed by atoms with Crippen molar-refractivity contribution in [2.45, 2.75) is 77.4 Å². The van der Waals surface area contributed by atoms with E-state index in [9.17, 15) is 9.90 Å². The molecule has 29 heavy (non-hydrogen) atoms. The Morgan fingerprint density at radius 1 is 1.21 bits per heavy atom. The van der Waals surface area contributed by atoms with E-state index in [0.717, 1.165) is 69.5 Å². The van der Waals surface area contributed by atoms with Crippen LogP contribution >= 0.6 is 0 Å². The molecule has 5 nitrogen and oxygen atoms in total. The topological polar surface area (TPSA) is 61.8 Å². The van der Waals surface area contributed by atoms with Gasteiger partial charge in [-0.2, -0.15) is 0 Å². The first-order chi connectivity index (χ1) is 14.0. The van der Waals surface area contributed by atoms with Crippen LogP contribution in [0.1, 0.15) is 75.2 Å². The van der Waals surface area contributed by atoms with Crippen molar-refractivity contribution in [2.24, 2.45) is 5.92 Å². The average Bonchev–Trinajstić information content (AvgIpc) is 2.75. The molecule has 1 atom stereocenters. The number of fused-ring (bicyclic) bond motifs is 1. The first-order valence-corrected chi connectivity index (χ1v) is 11.5. The summed E-state index contributed by atoms with van der Waals surface area (Å²) in [5.41, 5.74) is 1.81. The van der Waals surface area contributed by atoms with Gasteiger partial charge in [-0.25, -0.2) is 0 Å². The maximum atomic E-state index is 12.9. The zero-order chi connectivity index (χ0) is 20.9. The number of benzene rings is 1. The van der Waals surface area contributed by atoms with E-state index in [2.05, 4.69) is 31.0 Å². The van der Waals surface area contributed by atoms with Crippen LogP contribution in [0, 0.1) is 5.92 Å². The molecule has 1 spiro atoms. The minimum absolute atomic E-state index is 0.0156. The Kier molecular flexibility index (Phi) is 7.58. The fourth-order valence-electron chi connectivity index (χ4n) is 4.97. The molecular weight excluding hydrogens is 364 g/mol. The number of aryl methyl sites for hydroxylation is 1. The van der Waals surface area contributed by atoms with Crippen molar-refractivity contribution in [1.29, 1.82) is 0 Å². The van der Waals surface area contributed by atoms with Gasteiger partial charge in [-0.1, -0.05) is 33.6 Å². The molecular formula is C24H38N2O3. The molecule has 1 amide bonds. The highest BCUT2D eigenvalue weighted by Crippen LogP contribution is 2.39. The van der Waals surface area contributed by atoms with Crippen LogP contribution in [0.2, 0.25) is 0 Å². The van der Waals surface area contributed by atoms with Gasteiger partial charge in [0.2, 0.25) is 0 Å². The molecule has 1 unspecified atom stereocenters. The van der Waals surface area contributed by atoms with Crippen LogP contribution in [0.5, 0.6) is 5.75 Å². The third-order valence-electron chi connectivity index (χ3n) is 7.09. The number of piperidine rings is 1. The van der Waals surface area contributed by atoms with E-state index < -0.39 is 0 Å². The van der Waals surface area contributed by atoms with E-state index in [4.69, 9.17) is 4.74 Å². The molecule has 0 saturated carbocycles. The third-order valence-corrected chi connectivity index (χ3v) is 7.09. The summed E-state index contributed by atoms with van der Waals surface area (Å²) >= 11 is 0. The zero-order valence-corrected chi connectivity index (χ0v) is 18.4. The molecule has 0 aliphatic carbocycles. The molecule has 1 aromatic carbocycles. The second-order valence-electron chi connectivity index (χ2n) is 8.71. The second-order valence-corrected chi connectivity index (χ2v) is 8.71. The number of ether oxygens (including phenoxy) is 1. The van der Waals surface area contributed by atoms with E-state index in [-0.39, 0.29) is 24.2 Å². The molecule has 2 N–H and O–H groups in total. The van der Waals surface area contributed by atoms with Crippen LogP contribution in [0.3, 0.4) is 0 Å². The van der Waals surface area contributed by atoms with Gasteiger partial charge in [0.15, 0.2) is 0 Å². The van der Waals surface area contributed by atoms with E-state index in [1.54, 1.807) is 0 Å². The molecule has 1 aromatic rings. The Hall–Kier alpha value is -1.59. The number of amides is 1. The van der Waals surface area contributed by atoms with Gasteiger partial charge in [-0.15, -0.1) is 0 Å². The first-order valence-electron chi connectivity index (χ1n) is 11.5. The monoisotopic (exact) mass is 402 g/mol. The zero-order valence-electron chi connectivity index (χ0n) is 18.4. The number of likely N-dealkylation sites (tertiary alicyclic amines) is 1. The lowest BCUT2D eigenvalue weighted by Gasteiger charge is -2.44. The van der Waals surface area contributed by atoms with Crippen molar-refractivity contribution >= 4 is 5.91 Å². The van der Waals surface area contributed by atoms with Gasteiger partial charge < -0.3 is 20.1 Å². The molecule has 5 heteroatoms. The third kappa shape index (κ3) is 5.13. The van der Waals surface area contributed by atoms with Gasteiger partial charge in [0, 0.05) is 31.3 Å². The molecule has 0 radical (unpaired) electrons. The number of carbonyl (C=O) groups is 1. The van der Waals surface area contributed by atoms with Crippen LogP contribution in [-0.2, 0) is 6.42 Å². The van der Waals surface area contributed by atoms with Crippen LogP contribution in [0.25, 0.3) is 0 Å². The Bertz CT molecular complexity index is 679. The Morgan fingerprint density at radius 2 is 1.93 bits per heavy atom. The largest absolute Gasteiger partial charge is 0.487 e. The van der Waals surface area contributed by atoms with Gasteiger partial charge in [0.25, 0.3) is 5.91 Å². The van der Waals surface area contributed by atoms with E-state index in [0.29, 0.717) is 17.9 Å². The second kappa shape index (κ2) is 9.94. The summed E-state index contributed by atoms with van der Waals surface area (Å²) in [6.07, 6.45) is 6.76. The number of aliphatic hydroxyl groups excluding tert-OH is 1. The van der Waals surface area contributed by atoms with Crippen LogP contribution in [0.4, 0.5) is 0 Å². The van der Waals surface area contributed by atoms with Crippen molar-refractivity contribution in [2.75, 3.05) is 26.2 Å². The van der Waals surface area contributed by atoms with Crippen molar-refractivity contribution in [3.05, 3.63) is 29.3 Å². The lowest BCUT2D eigenvalue weighted by Crippen LogP contribution is -2.49. The minimum atomic E-state index is -0.0466. The van der Waals surface area contributed by atoms with E-state index >= 15 is 0 Å². The molecule has 1 saturated heterocycles. The van der Waals surface area contributed by atoms with Gasteiger partial charge in [-0.05, 0) is 68.3 Å². The van der Waals surface area contributed by atoms with Gasteiger partial charge >= 0.3 is 0 Å². The number of hydrogen-bond donors (Lipinski definition) is 2. The van der Waals surface area contributed by atoms with Gasteiger partial charge in [0.05, 0.1) is 0 Å². The van der Waals surface area contributed by atoms with Crippen molar-refractivity contribution in [3.8, 4) is 5.75 Å². The summed E-state index contributed by atoms with van der Waals surface area (Å²) in [6.45, 7) is 9.92. The Morgan fingerprint density at radius 3 is 2.55 bits per heavy atom. The van der Waals surface area contributed by atoms with Gasteiger partial charge in [0.1, 0.15) is 11.4 Å². The molecule has 0 aromatic heterocycles. The summed E-state index contributed by atoms with van der Waals surface area (Å²) in [6, 6.07) is 5.88. The number of hydrogen-bond acceptors (Lipinski definition) is 4. The number of nitrogens with zero attached hydrogens (tertiary/aromatic N) is 1. The summed E-state index contributed by atoms with van der Waals surface area (Å²) in [5.74, 6) is 1.29. The fourth-order valence-corrected chi connectivity index (χ4v) is 4.97. The van der Waals surface area contributed by atoms with Crippen molar-refractivity contribution in [3.63, 3.8) is 0 Å². The van der Waals surface area contributed by atoms with Crippen molar-refractivity contribution < 1.29 is 14.6 Å². The predicted molar refractivity (Wildman–Crippen MR) is 116 cm³/mol. The highest BCUT2D eigenvalue weighted by molar-refractivity contribution is 5.94. The SMILES string of the molecule is CCC(CC)C(CCO)NC(=O)c1ccc2c(c1)CCC1(CCN(CC)CC1)O2. The molecule has 3 rings (SSSR count). The smallest absolute Gasteiger partial charge is 0.251 e. The molecule has 2 aliphatic heterocycles. The number of nitrogens with one attached hydrogen (secondary N) is 1. The summed E-state index contributed by atoms with van der Waals surface area (Å²) in [5, 5.41) is 12.6. The minimum Gasteiger partial charge on any atom is -0.487 e. The Labute approximate surface area is 175 Å². The first kappa shape index (κ1) is 22.1. The average molecular weight is 403 g/mol. The lowest BCUT2D eigenvalue weighted by atomic mass is 9.83. The Balaban J connectivity index is 1.67. The highest BCUT2D eigenvalue weighted by atomic mass is 16.5. The summed E-state index contributed by atoms with van der Waals surface area (Å²) in [4.78, 5) is 15.4.